The number of rotatable bonds is 11. The van der Waals surface area contributed by atoms with E-state index in [0.717, 1.165) is 80.7 Å². The number of halogens is 2. The number of para-hydroxylation sites is 2. The van der Waals surface area contributed by atoms with Crippen molar-refractivity contribution < 1.29 is 8.78 Å². The van der Waals surface area contributed by atoms with Gasteiger partial charge in [0.1, 0.15) is 12.0 Å². The maximum Gasteiger partial charge on any atom is 0.123 e. The van der Waals surface area contributed by atoms with Gasteiger partial charge in [-0.2, -0.15) is 0 Å². The highest BCUT2D eigenvalue weighted by atomic mass is 19.1. The number of aromatic nitrogens is 1. The van der Waals surface area contributed by atoms with Gasteiger partial charge in [0, 0.05) is 74.3 Å². The third-order valence-corrected chi connectivity index (χ3v) is 13.2. The topological polar surface area (TPSA) is 14.7 Å². The first kappa shape index (κ1) is 41.7. The van der Waals surface area contributed by atoms with E-state index in [-0.39, 0.29) is 11.7 Å². The molecule has 2 bridgehead atoms. The molecule has 0 saturated carbocycles. The Labute approximate surface area is 391 Å². The zero-order valence-corrected chi connectivity index (χ0v) is 37.6. The second kappa shape index (κ2) is 17.8. The number of benzene rings is 7. The molecule has 2 aliphatic carbocycles. The highest BCUT2D eigenvalue weighted by Gasteiger charge is 2.28. The Kier molecular flexibility index (Phi) is 11.1. The fourth-order valence-corrected chi connectivity index (χ4v) is 10.0. The molecule has 0 radical (unpaired) electrons. The Bertz CT molecular complexity index is 3320. The van der Waals surface area contributed by atoms with Gasteiger partial charge < -0.3 is 19.3 Å². The van der Waals surface area contributed by atoms with Crippen molar-refractivity contribution in [3.63, 3.8) is 0 Å². The number of anilines is 7. The van der Waals surface area contributed by atoms with Gasteiger partial charge in [-0.05, 0) is 157 Å². The SMILES string of the molecule is C/C=C(\CCC)n1c2ccccc2c2cc(N(c3ccc(F)cc3)c3ccc(-c4ccc(N(C5=CCC(F)C=C5)c5ccc6c(c5)C5C=CC=CC(=C5)N6c5ccccc5)cc4)cc3)ccc21. The molecule has 2 heterocycles. The van der Waals surface area contributed by atoms with Crippen molar-refractivity contribution in [2.24, 2.45) is 0 Å². The maximum absolute atomic E-state index is 14.5. The van der Waals surface area contributed by atoms with Gasteiger partial charge in [0.25, 0.3) is 0 Å². The quantitative estimate of drug-likeness (QED) is 0.129. The molecule has 2 atom stereocenters. The summed E-state index contributed by atoms with van der Waals surface area (Å²) in [6.45, 7) is 4.34. The molecule has 67 heavy (non-hydrogen) atoms. The van der Waals surface area contributed by atoms with E-state index in [9.17, 15) is 8.78 Å². The molecule has 1 aromatic heterocycles. The van der Waals surface area contributed by atoms with Crippen molar-refractivity contribution in [2.75, 3.05) is 14.7 Å². The van der Waals surface area contributed by atoms with E-state index in [1.165, 1.54) is 39.7 Å². The number of allylic oxidation sites excluding steroid dienone is 10. The highest BCUT2D eigenvalue weighted by molar-refractivity contribution is 6.11. The average molecular weight is 877 g/mol. The molecule has 4 nitrogen and oxygen atoms in total. The molecular formula is C61H50F2N4. The summed E-state index contributed by atoms with van der Waals surface area (Å²) in [5, 5.41) is 2.36. The van der Waals surface area contributed by atoms with Crippen LogP contribution in [0.2, 0.25) is 0 Å². The second-order valence-electron chi connectivity index (χ2n) is 17.3. The Hall–Kier alpha value is -7.96. The third kappa shape index (κ3) is 7.78. The molecule has 1 aliphatic heterocycles. The summed E-state index contributed by atoms with van der Waals surface area (Å²) in [4.78, 5) is 6.75. The highest BCUT2D eigenvalue weighted by Crippen LogP contribution is 2.47. The van der Waals surface area contributed by atoms with Crippen LogP contribution in [0.4, 0.5) is 48.6 Å². The minimum absolute atomic E-state index is 0.101. The first-order valence-corrected chi connectivity index (χ1v) is 23.3. The fourth-order valence-electron chi connectivity index (χ4n) is 10.0. The van der Waals surface area contributed by atoms with Gasteiger partial charge in [-0.1, -0.05) is 104 Å². The molecule has 11 rings (SSSR count). The van der Waals surface area contributed by atoms with Crippen LogP contribution < -0.4 is 14.7 Å². The minimum Gasteiger partial charge on any atom is -0.313 e. The van der Waals surface area contributed by atoms with E-state index < -0.39 is 6.17 Å². The van der Waals surface area contributed by atoms with Gasteiger partial charge in [0.15, 0.2) is 0 Å². The fraction of sp³-hybridized carbons (Fsp3) is 0.115. The van der Waals surface area contributed by atoms with E-state index in [1.807, 2.05) is 30.4 Å². The average Bonchev–Trinajstić information content (AvgIpc) is 3.54. The zero-order chi connectivity index (χ0) is 45.4. The summed E-state index contributed by atoms with van der Waals surface area (Å²) >= 11 is 0. The predicted molar refractivity (Wildman–Crippen MR) is 277 cm³/mol. The molecule has 7 aromatic carbocycles. The molecule has 0 spiro atoms. The van der Waals surface area contributed by atoms with Crippen LogP contribution >= 0.6 is 0 Å². The molecule has 0 N–H and O–H groups in total. The van der Waals surface area contributed by atoms with Gasteiger partial charge in [0.05, 0.1) is 16.7 Å². The van der Waals surface area contributed by atoms with Crippen molar-refractivity contribution in [2.45, 2.75) is 45.2 Å². The summed E-state index contributed by atoms with van der Waals surface area (Å²) in [5.41, 5.74) is 16.1. The smallest absolute Gasteiger partial charge is 0.123 e. The van der Waals surface area contributed by atoms with Crippen LogP contribution in [-0.2, 0) is 0 Å². The number of fused-ring (bicyclic) bond motifs is 6. The number of hydrogen-bond donors (Lipinski definition) is 0. The first-order chi connectivity index (χ1) is 32.9. The van der Waals surface area contributed by atoms with E-state index in [4.69, 9.17) is 0 Å². The van der Waals surface area contributed by atoms with Gasteiger partial charge in [-0.25, -0.2) is 8.78 Å². The van der Waals surface area contributed by atoms with Crippen LogP contribution in [0.25, 0.3) is 38.6 Å². The predicted octanol–water partition coefficient (Wildman–Crippen LogP) is 17.3. The summed E-state index contributed by atoms with van der Waals surface area (Å²) in [7, 11) is 0. The van der Waals surface area contributed by atoms with Crippen LogP contribution in [-0.4, -0.2) is 10.7 Å². The van der Waals surface area contributed by atoms with E-state index in [1.54, 1.807) is 6.08 Å². The van der Waals surface area contributed by atoms with Crippen LogP contribution in [0.3, 0.4) is 0 Å². The lowest BCUT2D eigenvalue weighted by atomic mass is 9.90. The van der Waals surface area contributed by atoms with Crippen molar-refractivity contribution in [3.05, 3.63) is 241 Å². The monoisotopic (exact) mass is 876 g/mol. The molecule has 0 saturated heterocycles. The normalized spacial score (nSPS) is 16.5. The van der Waals surface area contributed by atoms with Gasteiger partial charge in [-0.3, -0.25) is 0 Å². The molecular weight excluding hydrogens is 827 g/mol. The number of hydrogen-bond acceptors (Lipinski definition) is 3. The Morgan fingerprint density at radius 2 is 1.28 bits per heavy atom. The van der Waals surface area contributed by atoms with Gasteiger partial charge in [-0.15, -0.1) is 0 Å². The van der Waals surface area contributed by atoms with Gasteiger partial charge in [0.2, 0.25) is 0 Å². The van der Waals surface area contributed by atoms with E-state index in [2.05, 4.69) is 203 Å². The standard InChI is InChI=1S/C61H50F2N4/c1-3-12-47(4-2)67-59-18-11-10-17-56(59)58-41-55(36-38-61(58)67)65(52-33-25-46(63)26-34-52)50-29-21-43(22-30-50)42-19-27-49(28-20-42)64(51-31-23-45(62)24-32-51)54-35-37-60-57(40-54)44-13-8-9-16-53(39-44)66(60)48-14-6-5-7-15-48/h4-11,13-23,25-41,44-45H,3,12,24H2,1-2H3/b47-4+. The third-order valence-electron chi connectivity index (χ3n) is 13.2. The van der Waals surface area contributed by atoms with Crippen molar-refractivity contribution in [3.8, 4) is 11.1 Å². The number of nitrogens with zero attached hydrogens (tertiary/aromatic N) is 4. The van der Waals surface area contributed by atoms with Crippen molar-refractivity contribution >= 4 is 67.3 Å². The summed E-state index contributed by atoms with van der Waals surface area (Å²) in [5.74, 6) is -0.174. The summed E-state index contributed by atoms with van der Waals surface area (Å²) in [6, 6.07) is 56.4. The lowest BCUT2D eigenvalue weighted by Gasteiger charge is -2.35. The van der Waals surface area contributed by atoms with Crippen molar-refractivity contribution in [1.82, 2.24) is 4.57 Å². The Morgan fingerprint density at radius 1 is 0.642 bits per heavy atom. The molecule has 0 amide bonds. The largest absolute Gasteiger partial charge is 0.313 e. The van der Waals surface area contributed by atoms with E-state index >= 15 is 0 Å². The van der Waals surface area contributed by atoms with Crippen molar-refractivity contribution in [1.29, 1.82) is 0 Å². The second-order valence-corrected chi connectivity index (χ2v) is 17.3. The lowest BCUT2D eigenvalue weighted by molar-refractivity contribution is 0.400. The van der Waals surface area contributed by atoms with Crippen LogP contribution in [0, 0.1) is 5.82 Å². The van der Waals surface area contributed by atoms with Crippen LogP contribution in [0.15, 0.2) is 230 Å². The molecule has 6 heteroatoms. The molecule has 8 aromatic rings. The molecule has 2 unspecified atom stereocenters. The molecule has 3 aliphatic rings. The van der Waals surface area contributed by atoms with Crippen LogP contribution in [0.5, 0.6) is 0 Å². The molecule has 328 valence electrons. The van der Waals surface area contributed by atoms with E-state index in [0.29, 0.717) is 6.42 Å². The van der Waals surface area contributed by atoms with Gasteiger partial charge >= 0.3 is 0 Å². The summed E-state index contributed by atoms with van der Waals surface area (Å²) in [6.07, 6.45) is 20.1. The maximum atomic E-state index is 14.5. The molecule has 0 fully saturated rings. The zero-order valence-electron chi connectivity index (χ0n) is 37.6. The summed E-state index contributed by atoms with van der Waals surface area (Å²) < 4.78 is 31.3. The lowest BCUT2D eigenvalue weighted by Crippen LogP contribution is -2.23. The van der Waals surface area contributed by atoms with Crippen LogP contribution in [0.1, 0.15) is 44.6 Å². The number of alkyl halides is 1. The Morgan fingerprint density at radius 3 is 1.99 bits per heavy atom. The Balaban J connectivity index is 0.941. The minimum atomic E-state index is -1.00. The first-order valence-electron chi connectivity index (χ1n) is 23.3.